The maximum absolute atomic E-state index is 11.7. The van der Waals surface area contributed by atoms with Crippen molar-refractivity contribution >= 4 is 37.4 Å². The lowest BCUT2D eigenvalue weighted by Crippen LogP contribution is -2.14. The number of hydrogen-bond donors (Lipinski definition) is 0. The lowest BCUT2D eigenvalue weighted by Gasteiger charge is -2.14. The molecule has 0 amide bonds. The zero-order chi connectivity index (χ0) is 19.9. The summed E-state index contributed by atoms with van der Waals surface area (Å²) in [6.07, 6.45) is 1.32. The molecule has 148 valence electrons. The highest BCUT2D eigenvalue weighted by Crippen LogP contribution is 2.37. The largest absolute Gasteiger partial charge is 0.490 e. The van der Waals surface area contributed by atoms with E-state index in [0.717, 1.165) is 6.26 Å². The molecule has 2 aromatic rings. The summed E-state index contributed by atoms with van der Waals surface area (Å²) in [5, 5.41) is 0.237. The van der Waals surface area contributed by atoms with Gasteiger partial charge >= 0.3 is 0 Å². The Bertz CT molecular complexity index is 837. The second-order valence-electron chi connectivity index (χ2n) is 5.92. The van der Waals surface area contributed by atoms with Crippen LogP contribution in [0, 0.1) is 6.92 Å². The van der Waals surface area contributed by atoms with Gasteiger partial charge in [0, 0.05) is 17.1 Å². The normalized spacial score (nSPS) is 14.5. The van der Waals surface area contributed by atoms with Crippen LogP contribution < -0.4 is 4.74 Å². The SMILES string of the molecule is CS(=O)(=O)c1ccc(Br)c(Cl)c1OCCC1OCCO1.Cc1ccccc1. The molecule has 5 nitrogen and oxygen atoms in total. The molecule has 0 radical (unpaired) electrons. The maximum Gasteiger partial charge on any atom is 0.179 e. The van der Waals surface area contributed by atoms with Crippen molar-refractivity contribution in [1.82, 2.24) is 0 Å². The van der Waals surface area contributed by atoms with E-state index >= 15 is 0 Å². The van der Waals surface area contributed by atoms with Crippen LogP contribution in [0.15, 0.2) is 51.8 Å². The number of hydrogen-bond acceptors (Lipinski definition) is 5. The summed E-state index contributed by atoms with van der Waals surface area (Å²) < 4.78 is 40.1. The Labute approximate surface area is 173 Å². The van der Waals surface area contributed by atoms with Gasteiger partial charge < -0.3 is 14.2 Å². The molecule has 1 fully saturated rings. The van der Waals surface area contributed by atoms with Gasteiger partial charge in [-0.05, 0) is 35.0 Å². The van der Waals surface area contributed by atoms with E-state index in [2.05, 4.69) is 35.0 Å². The van der Waals surface area contributed by atoms with Gasteiger partial charge in [0.2, 0.25) is 0 Å². The molecule has 0 atom stereocenters. The monoisotopic (exact) mass is 476 g/mol. The Kier molecular flexibility index (Phi) is 8.57. The molecule has 0 aliphatic carbocycles. The highest BCUT2D eigenvalue weighted by Gasteiger charge is 2.21. The van der Waals surface area contributed by atoms with Gasteiger partial charge in [0.1, 0.15) is 4.90 Å². The van der Waals surface area contributed by atoms with Gasteiger partial charge in [0.05, 0.1) is 24.8 Å². The zero-order valence-electron chi connectivity index (χ0n) is 15.2. The predicted octanol–water partition coefficient (Wildman–Crippen LogP) is 4.64. The van der Waals surface area contributed by atoms with Crippen molar-refractivity contribution in [2.24, 2.45) is 0 Å². The van der Waals surface area contributed by atoms with Crippen LogP contribution in [0.1, 0.15) is 12.0 Å². The topological polar surface area (TPSA) is 61.8 Å². The van der Waals surface area contributed by atoms with Gasteiger partial charge in [-0.25, -0.2) is 8.42 Å². The van der Waals surface area contributed by atoms with Crippen molar-refractivity contribution in [1.29, 1.82) is 0 Å². The molecule has 1 aliphatic heterocycles. The zero-order valence-corrected chi connectivity index (χ0v) is 18.3. The number of aryl methyl sites for hydroxylation is 1. The van der Waals surface area contributed by atoms with Crippen LogP contribution in [-0.2, 0) is 19.3 Å². The number of sulfone groups is 1. The molecule has 0 N–H and O–H groups in total. The van der Waals surface area contributed by atoms with E-state index in [9.17, 15) is 8.42 Å². The van der Waals surface area contributed by atoms with Crippen LogP contribution in [0.5, 0.6) is 5.75 Å². The number of benzene rings is 2. The molecule has 0 bridgehead atoms. The standard InChI is InChI=1S/C12H14BrClO5S.C7H8/c1-20(15,16)9-3-2-8(13)11(14)12(9)19-5-4-10-17-6-7-18-10;1-7-5-3-2-4-6-7/h2-3,10H,4-7H2,1H3;2-6H,1H3. The van der Waals surface area contributed by atoms with Gasteiger partial charge in [0.15, 0.2) is 21.9 Å². The van der Waals surface area contributed by atoms with Crippen molar-refractivity contribution in [3.8, 4) is 5.75 Å². The van der Waals surface area contributed by atoms with Crippen LogP contribution in [0.25, 0.3) is 0 Å². The molecular formula is C19H22BrClO5S. The van der Waals surface area contributed by atoms with E-state index in [1.807, 2.05) is 18.2 Å². The predicted molar refractivity (Wildman–Crippen MR) is 109 cm³/mol. The van der Waals surface area contributed by atoms with Crippen molar-refractivity contribution in [2.75, 3.05) is 26.1 Å². The molecule has 2 aromatic carbocycles. The van der Waals surface area contributed by atoms with Gasteiger partial charge in [-0.15, -0.1) is 0 Å². The molecule has 3 rings (SSSR count). The maximum atomic E-state index is 11.7. The molecule has 1 saturated heterocycles. The number of ether oxygens (including phenoxy) is 3. The summed E-state index contributed by atoms with van der Waals surface area (Å²) >= 11 is 9.35. The average Bonchev–Trinajstić information content (AvgIpc) is 3.12. The Morgan fingerprint density at radius 2 is 1.78 bits per heavy atom. The van der Waals surface area contributed by atoms with E-state index in [-0.39, 0.29) is 28.6 Å². The molecule has 8 heteroatoms. The van der Waals surface area contributed by atoms with Crippen molar-refractivity contribution in [3.63, 3.8) is 0 Å². The number of halogens is 2. The lowest BCUT2D eigenvalue weighted by atomic mass is 10.2. The molecule has 27 heavy (non-hydrogen) atoms. The molecule has 1 heterocycles. The van der Waals surface area contributed by atoms with E-state index in [1.165, 1.54) is 11.6 Å². The van der Waals surface area contributed by atoms with E-state index in [1.54, 1.807) is 6.07 Å². The van der Waals surface area contributed by atoms with Gasteiger partial charge in [-0.3, -0.25) is 0 Å². The smallest absolute Gasteiger partial charge is 0.179 e. The van der Waals surface area contributed by atoms with Crippen LogP contribution in [0.4, 0.5) is 0 Å². The van der Waals surface area contributed by atoms with Crippen LogP contribution in [0.3, 0.4) is 0 Å². The molecular weight excluding hydrogens is 456 g/mol. The molecule has 1 aliphatic rings. The van der Waals surface area contributed by atoms with Crippen molar-refractivity contribution in [3.05, 3.63) is 57.5 Å². The average molecular weight is 478 g/mol. The molecule has 0 saturated carbocycles. The summed E-state index contributed by atoms with van der Waals surface area (Å²) in [5.41, 5.74) is 1.32. The first-order valence-electron chi connectivity index (χ1n) is 8.34. The third kappa shape index (κ3) is 7.08. The quantitative estimate of drug-likeness (QED) is 0.628. The molecule has 0 aromatic heterocycles. The van der Waals surface area contributed by atoms with Crippen molar-refractivity contribution < 1.29 is 22.6 Å². The fourth-order valence-electron chi connectivity index (χ4n) is 2.31. The Morgan fingerprint density at radius 3 is 2.30 bits per heavy atom. The van der Waals surface area contributed by atoms with Crippen LogP contribution in [0.2, 0.25) is 5.02 Å². The molecule has 0 unspecified atom stereocenters. The van der Waals surface area contributed by atoms with Gasteiger partial charge in [0.25, 0.3) is 0 Å². The van der Waals surface area contributed by atoms with E-state index in [0.29, 0.717) is 24.1 Å². The highest BCUT2D eigenvalue weighted by molar-refractivity contribution is 9.10. The minimum Gasteiger partial charge on any atom is -0.490 e. The Morgan fingerprint density at radius 1 is 1.15 bits per heavy atom. The summed E-state index contributed by atoms with van der Waals surface area (Å²) in [7, 11) is -3.41. The first-order chi connectivity index (χ1) is 12.8. The Balaban J connectivity index is 0.000000313. The first kappa shape index (κ1) is 22.2. The highest BCUT2D eigenvalue weighted by atomic mass is 79.9. The van der Waals surface area contributed by atoms with Crippen LogP contribution >= 0.6 is 27.5 Å². The van der Waals surface area contributed by atoms with Crippen molar-refractivity contribution in [2.45, 2.75) is 24.5 Å². The summed E-state index contributed by atoms with van der Waals surface area (Å²) in [6.45, 7) is 3.47. The summed E-state index contributed by atoms with van der Waals surface area (Å²) in [5.74, 6) is 0.154. The minimum atomic E-state index is -3.41. The summed E-state index contributed by atoms with van der Waals surface area (Å²) in [4.78, 5) is 0.0685. The first-order valence-corrected chi connectivity index (χ1v) is 11.4. The fraction of sp³-hybridized carbons (Fsp3) is 0.368. The third-order valence-electron chi connectivity index (χ3n) is 3.64. The van der Waals surface area contributed by atoms with E-state index < -0.39 is 9.84 Å². The third-order valence-corrected chi connectivity index (χ3v) is 6.03. The van der Waals surface area contributed by atoms with Gasteiger partial charge in [-0.2, -0.15) is 0 Å². The summed E-state index contributed by atoms with van der Waals surface area (Å²) in [6, 6.07) is 13.3. The van der Waals surface area contributed by atoms with Gasteiger partial charge in [-0.1, -0.05) is 47.5 Å². The lowest BCUT2D eigenvalue weighted by molar-refractivity contribution is -0.0532. The van der Waals surface area contributed by atoms with E-state index in [4.69, 9.17) is 25.8 Å². The minimum absolute atomic E-state index is 0.0685. The second-order valence-corrected chi connectivity index (χ2v) is 9.14. The second kappa shape index (κ2) is 10.4. The Hall–Kier alpha value is -1.12. The fourth-order valence-corrected chi connectivity index (χ4v) is 3.71. The molecule has 0 spiro atoms. The van der Waals surface area contributed by atoms with Crippen LogP contribution in [-0.4, -0.2) is 40.8 Å². The number of rotatable bonds is 5.